The van der Waals surface area contributed by atoms with Gasteiger partial charge in [0.1, 0.15) is 11.4 Å². The predicted molar refractivity (Wildman–Crippen MR) is 56.2 cm³/mol. The van der Waals surface area contributed by atoms with Crippen LogP contribution in [-0.4, -0.2) is 23.6 Å². The molecule has 1 heterocycles. The van der Waals surface area contributed by atoms with Crippen LogP contribution in [-0.2, 0) is 4.74 Å². The minimum absolute atomic E-state index is 0.104. The van der Waals surface area contributed by atoms with E-state index in [0.29, 0.717) is 6.61 Å². The first-order chi connectivity index (χ1) is 7.16. The molecule has 0 spiro atoms. The first-order valence-electron chi connectivity index (χ1n) is 4.21. The molecule has 6 nitrogen and oxygen atoms in total. The molecule has 6 heteroatoms. The van der Waals surface area contributed by atoms with Crippen molar-refractivity contribution >= 4 is 17.5 Å². The van der Waals surface area contributed by atoms with Crippen molar-refractivity contribution in [2.75, 3.05) is 19.5 Å². The number of methoxy groups -OCH3 is 1. The molecule has 0 bridgehead atoms. The van der Waals surface area contributed by atoms with Gasteiger partial charge >= 0.3 is 5.69 Å². The monoisotopic (exact) mass is 209 g/mol. The van der Waals surface area contributed by atoms with E-state index in [9.17, 15) is 10.1 Å². The second-order valence-corrected chi connectivity index (χ2v) is 2.75. The molecule has 0 amide bonds. The summed E-state index contributed by atoms with van der Waals surface area (Å²) in [5, 5.41) is 10.7. The van der Waals surface area contributed by atoms with Crippen LogP contribution in [0.2, 0.25) is 0 Å². The molecular formula is C9H11N3O3. The van der Waals surface area contributed by atoms with Crippen LogP contribution < -0.4 is 5.73 Å². The molecule has 0 unspecified atom stereocenters. The Hall–Kier alpha value is -1.95. The molecule has 0 aromatic carbocycles. The Balaban J connectivity index is 3.06. The number of hydrogen-bond acceptors (Lipinski definition) is 5. The van der Waals surface area contributed by atoms with E-state index in [0.717, 1.165) is 0 Å². The summed E-state index contributed by atoms with van der Waals surface area (Å²) in [6.07, 6.45) is 4.57. The number of anilines is 1. The maximum absolute atomic E-state index is 10.7. The number of nitrogens with two attached hydrogens (primary N) is 1. The Kier molecular flexibility index (Phi) is 3.75. The molecule has 80 valence electrons. The third-order valence-corrected chi connectivity index (χ3v) is 1.70. The molecule has 0 saturated carbocycles. The summed E-state index contributed by atoms with van der Waals surface area (Å²) in [5.74, 6) is 0. The fourth-order valence-corrected chi connectivity index (χ4v) is 1.06. The molecule has 0 saturated heterocycles. The smallest absolute Gasteiger partial charge is 0.317 e. The van der Waals surface area contributed by atoms with Gasteiger partial charge in [-0.05, 0) is 12.1 Å². The van der Waals surface area contributed by atoms with Crippen LogP contribution in [0.25, 0.3) is 6.08 Å². The molecule has 1 rings (SSSR count). The SMILES string of the molecule is COC/C=C/c1nccc(N)c1[N+](=O)[O-]. The number of aromatic nitrogens is 1. The molecule has 0 atom stereocenters. The van der Waals surface area contributed by atoms with Crippen molar-refractivity contribution in [2.45, 2.75) is 0 Å². The highest BCUT2D eigenvalue weighted by Gasteiger charge is 2.16. The Morgan fingerprint density at radius 1 is 1.73 bits per heavy atom. The molecule has 0 aliphatic carbocycles. The lowest BCUT2D eigenvalue weighted by Gasteiger charge is -1.99. The second kappa shape index (κ2) is 5.06. The Bertz CT molecular complexity index is 390. The van der Waals surface area contributed by atoms with E-state index in [2.05, 4.69) is 4.98 Å². The lowest BCUT2D eigenvalue weighted by atomic mass is 10.2. The number of nitro groups is 1. The quantitative estimate of drug-likeness (QED) is 0.594. The van der Waals surface area contributed by atoms with Crippen molar-refractivity contribution in [3.05, 3.63) is 34.1 Å². The van der Waals surface area contributed by atoms with Gasteiger partial charge in [0.15, 0.2) is 0 Å². The van der Waals surface area contributed by atoms with Gasteiger partial charge in [0.05, 0.1) is 11.5 Å². The van der Waals surface area contributed by atoms with E-state index in [-0.39, 0.29) is 17.1 Å². The summed E-state index contributed by atoms with van der Waals surface area (Å²) in [5.41, 5.74) is 5.64. The van der Waals surface area contributed by atoms with Crippen molar-refractivity contribution in [3.63, 3.8) is 0 Å². The Morgan fingerprint density at radius 3 is 3.07 bits per heavy atom. The molecule has 15 heavy (non-hydrogen) atoms. The predicted octanol–water partition coefficient (Wildman–Crippen LogP) is 1.23. The van der Waals surface area contributed by atoms with Gasteiger partial charge in [0.2, 0.25) is 0 Å². The van der Waals surface area contributed by atoms with Crippen LogP contribution in [0.15, 0.2) is 18.3 Å². The number of hydrogen-bond donors (Lipinski definition) is 1. The molecule has 2 N–H and O–H groups in total. The van der Waals surface area contributed by atoms with Crippen LogP contribution in [0.5, 0.6) is 0 Å². The average Bonchev–Trinajstić information content (AvgIpc) is 2.17. The Labute approximate surface area is 86.5 Å². The summed E-state index contributed by atoms with van der Waals surface area (Å²) in [6.45, 7) is 0.369. The first-order valence-corrected chi connectivity index (χ1v) is 4.21. The van der Waals surface area contributed by atoms with Gasteiger partial charge < -0.3 is 10.5 Å². The molecule has 1 aromatic heterocycles. The largest absolute Gasteiger partial charge is 0.393 e. The highest BCUT2D eigenvalue weighted by molar-refractivity contribution is 5.68. The van der Waals surface area contributed by atoms with Crippen molar-refractivity contribution in [1.29, 1.82) is 0 Å². The van der Waals surface area contributed by atoms with Gasteiger partial charge in [-0.2, -0.15) is 0 Å². The molecule has 0 radical (unpaired) electrons. The van der Waals surface area contributed by atoms with Crippen LogP contribution in [0, 0.1) is 10.1 Å². The van der Waals surface area contributed by atoms with Gasteiger partial charge in [0, 0.05) is 13.3 Å². The third kappa shape index (κ3) is 2.75. The van der Waals surface area contributed by atoms with Crippen molar-refractivity contribution in [2.24, 2.45) is 0 Å². The van der Waals surface area contributed by atoms with E-state index in [1.54, 1.807) is 6.08 Å². The number of ether oxygens (including phenoxy) is 1. The van der Waals surface area contributed by atoms with Crippen LogP contribution in [0.4, 0.5) is 11.4 Å². The Morgan fingerprint density at radius 2 is 2.47 bits per heavy atom. The fourth-order valence-electron chi connectivity index (χ4n) is 1.06. The maximum atomic E-state index is 10.7. The molecule has 0 aliphatic rings. The molecular weight excluding hydrogens is 198 g/mol. The van der Waals surface area contributed by atoms with Crippen molar-refractivity contribution in [1.82, 2.24) is 4.98 Å². The van der Waals surface area contributed by atoms with Crippen molar-refractivity contribution in [3.8, 4) is 0 Å². The summed E-state index contributed by atoms with van der Waals surface area (Å²) in [7, 11) is 1.53. The number of nitrogen functional groups attached to an aromatic ring is 1. The van der Waals surface area contributed by atoms with E-state index < -0.39 is 4.92 Å². The van der Waals surface area contributed by atoms with Crippen LogP contribution in [0.1, 0.15) is 5.69 Å². The zero-order chi connectivity index (χ0) is 11.3. The zero-order valence-corrected chi connectivity index (χ0v) is 8.21. The van der Waals surface area contributed by atoms with Crippen molar-refractivity contribution < 1.29 is 9.66 Å². The number of pyridine rings is 1. The van der Waals surface area contributed by atoms with E-state index >= 15 is 0 Å². The zero-order valence-electron chi connectivity index (χ0n) is 8.21. The topological polar surface area (TPSA) is 91.3 Å². The van der Waals surface area contributed by atoms with Gasteiger partial charge in [-0.3, -0.25) is 10.1 Å². The number of rotatable bonds is 4. The first kappa shape index (κ1) is 11.1. The van der Waals surface area contributed by atoms with Gasteiger partial charge in [-0.1, -0.05) is 6.08 Å². The van der Waals surface area contributed by atoms with Crippen LogP contribution >= 0.6 is 0 Å². The van der Waals surface area contributed by atoms with Gasteiger partial charge in [-0.25, -0.2) is 4.98 Å². The molecule has 0 fully saturated rings. The fraction of sp³-hybridized carbons (Fsp3) is 0.222. The van der Waals surface area contributed by atoms with Crippen LogP contribution in [0.3, 0.4) is 0 Å². The number of nitrogens with zero attached hydrogens (tertiary/aromatic N) is 2. The van der Waals surface area contributed by atoms with Gasteiger partial charge in [0.25, 0.3) is 0 Å². The highest BCUT2D eigenvalue weighted by atomic mass is 16.6. The summed E-state index contributed by atoms with van der Waals surface area (Å²) < 4.78 is 4.78. The van der Waals surface area contributed by atoms with E-state index in [1.807, 2.05) is 0 Å². The van der Waals surface area contributed by atoms with E-state index in [1.165, 1.54) is 25.4 Å². The minimum Gasteiger partial charge on any atom is -0.393 e. The summed E-state index contributed by atoms with van der Waals surface area (Å²) in [6, 6.07) is 1.39. The summed E-state index contributed by atoms with van der Waals surface area (Å²) >= 11 is 0. The normalized spacial score (nSPS) is 10.7. The van der Waals surface area contributed by atoms with E-state index in [4.69, 9.17) is 10.5 Å². The molecule has 1 aromatic rings. The molecule has 0 aliphatic heterocycles. The summed E-state index contributed by atoms with van der Waals surface area (Å²) in [4.78, 5) is 14.0. The highest BCUT2D eigenvalue weighted by Crippen LogP contribution is 2.24. The standard InChI is InChI=1S/C9H11N3O3/c1-15-6-2-3-8-9(12(13)14)7(10)4-5-11-8/h2-5H,6H2,1H3,(H2,10,11)/b3-2+. The average molecular weight is 209 g/mol. The minimum atomic E-state index is -0.547. The second-order valence-electron chi connectivity index (χ2n) is 2.75. The lowest BCUT2D eigenvalue weighted by Crippen LogP contribution is -1.99. The van der Waals surface area contributed by atoms with Gasteiger partial charge in [-0.15, -0.1) is 0 Å². The lowest BCUT2D eigenvalue weighted by molar-refractivity contribution is -0.384. The third-order valence-electron chi connectivity index (χ3n) is 1.70. The maximum Gasteiger partial charge on any atom is 0.317 e.